The number of urea groups is 1. The second kappa shape index (κ2) is 16.7. The number of anilines is 1. The summed E-state index contributed by atoms with van der Waals surface area (Å²) in [6.45, 7) is 8.59. The van der Waals surface area contributed by atoms with E-state index >= 15 is 0 Å². The van der Waals surface area contributed by atoms with Crippen molar-refractivity contribution in [3.63, 3.8) is 0 Å². The van der Waals surface area contributed by atoms with Crippen LogP contribution in [0.15, 0.2) is 78.9 Å². The standard InChI is InChI=1S/C37H47IN4O5/c1-26(2)24-32(35(38)46-4)39-37(44)42-19-18-33(41-22-20-40(21-23-41)30-14-16-31(45-3)17-15-30)34(25-42)47-36(43)29-12-10-28(11-13-29)27-8-6-5-7-9-27/h5-17,26,32-35H,18-25H2,1-4H3,(H,39,44)/t32?,33-,34-,35?/m1/s1. The zero-order valence-electron chi connectivity index (χ0n) is 27.8. The number of nitrogens with one attached hydrogen (secondary N) is 1. The number of amides is 2. The molecule has 0 bridgehead atoms. The summed E-state index contributed by atoms with van der Waals surface area (Å²) in [6.07, 6.45) is 1.05. The van der Waals surface area contributed by atoms with E-state index in [4.69, 9.17) is 14.2 Å². The number of likely N-dealkylation sites (tertiary alicyclic amines) is 1. The van der Waals surface area contributed by atoms with Gasteiger partial charge in [-0.3, -0.25) is 4.90 Å². The fourth-order valence-electron chi connectivity index (χ4n) is 6.52. The van der Waals surface area contributed by atoms with E-state index in [1.165, 1.54) is 5.69 Å². The Hall–Kier alpha value is -3.35. The zero-order chi connectivity index (χ0) is 33.3. The molecule has 2 saturated heterocycles. The predicted octanol–water partition coefficient (Wildman–Crippen LogP) is 6.32. The van der Waals surface area contributed by atoms with E-state index in [0.29, 0.717) is 31.0 Å². The molecule has 2 amide bonds. The van der Waals surface area contributed by atoms with Gasteiger partial charge < -0.3 is 29.3 Å². The van der Waals surface area contributed by atoms with E-state index in [1.54, 1.807) is 19.1 Å². The summed E-state index contributed by atoms with van der Waals surface area (Å²) in [6, 6.07) is 25.5. The molecule has 3 aromatic carbocycles. The van der Waals surface area contributed by atoms with Crippen molar-refractivity contribution in [2.75, 3.05) is 58.4 Å². The van der Waals surface area contributed by atoms with E-state index in [-0.39, 0.29) is 28.2 Å². The van der Waals surface area contributed by atoms with Gasteiger partial charge in [-0.15, -0.1) is 0 Å². The molecule has 3 aromatic rings. The van der Waals surface area contributed by atoms with Crippen molar-refractivity contribution in [3.8, 4) is 16.9 Å². The van der Waals surface area contributed by atoms with Gasteiger partial charge in [-0.1, -0.05) is 56.3 Å². The molecular formula is C37H47IN4O5. The fraction of sp³-hybridized carbons (Fsp3) is 0.459. The molecule has 10 heteroatoms. The number of piperazine rings is 1. The minimum atomic E-state index is -0.468. The Kier molecular flexibility index (Phi) is 12.4. The van der Waals surface area contributed by atoms with Crippen LogP contribution in [0.25, 0.3) is 11.1 Å². The maximum atomic E-state index is 13.6. The summed E-state index contributed by atoms with van der Waals surface area (Å²) < 4.78 is 17.0. The van der Waals surface area contributed by atoms with Crippen molar-refractivity contribution in [2.45, 2.75) is 49.0 Å². The number of benzene rings is 3. The lowest BCUT2D eigenvalue weighted by Crippen LogP contribution is -2.62. The van der Waals surface area contributed by atoms with Gasteiger partial charge in [0.05, 0.1) is 31.3 Å². The monoisotopic (exact) mass is 754 g/mol. The number of piperidine rings is 1. The van der Waals surface area contributed by atoms with Gasteiger partial charge in [-0.25, -0.2) is 9.59 Å². The molecule has 0 aliphatic carbocycles. The molecule has 252 valence electrons. The molecule has 9 nitrogen and oxygen atoms in total. The highest BCUT2D eigenvalue weighted by molar-refractivity contribution is 14.1. The van der Waals surface area contributed by atoms with Gasteiger partial charge >= 0.3 is 12.0 Å². The number of alkyl halides is 1. The normalized spacial score (nSPS) is 20.0. The summed E-state index contributed by atoms with van der Waals surface area (Å²) >= 11 is 2.24. The average molecular weight is 755 g/mol. The maximum absolute atomic E-state index is 13.6. The van der Waals surface area contributed by atoms with Gasteiger partial charge in [0.15, 0.2) is 0 Å². The average Bonchev–Trinajstić information content (AvgIpc) is 3.11. The third-order valence-corrected chi connectivity index (χ3v) is 10.5. The molecule has 5 rings (SSSR count). The van der Waals surface area contributed by atoms with Crippen LogP contribution in [0.1, 0.15) is 37.0 Å². The number of hydrogen-bond acceptors (Lipinski definition) is 7. The van der Waals surface area contributed by atoms with Crippen LogP contribution in [0.2, 0.25) is 0 Å². The smallest absolute Gasteiger partial charge is 0.338 e. The molecule has 2 heterocycles. The predicted molar refractivity (Wildman–Crippen MR) is 194 cm³/mol. The molecule has 4 atom stereocenters. The van der Waals surface area contributed by atoms with Gasteiger partial charge in [0.25, 0.3) is 0 Å². The highest BCUT2D eigenvalue weighted by Crippen LogP contribution is 2.27. The fourth-order valence-corrected chi connectivity index (χ4v) is 6.99. The Bertz CT molecular complexity index is 1430. The molecule has 47 heavy (non-hydrogen) atoms. The molecular weight excluding hydrogens is 707 g/mol. The van der Waals surface area contributed by atoms with Gasteiger partial charge in [0.2, 0.25) is 0 Å². The summed E-state index contributed by atoms with van der Waals surface area (Å²) in [5.74, 6) is 0.870. The van der Waals surface area contributed by atoms with Gasteiger partial charge in [-0.2, -0.15) is 0 Å². The third kappa shape index (κ3) is 9.17. The highest BCUT2D eigenvalue weighted by Gasteiger charge is 2.39. The molecule has 2 aliphatic rings. The molecule has 2 unspecified atom stereocenters. The lowest BCUT2D eigenvalue weighted by molar-refractivity contribution is -0.0315. The molecule has 0 radical (unpaired) electrons. The Morgan fingerprint density at radius 3 is 2.15 bits per heavy atom. The number of rotatable bonds is 11. The second-order valence-electron chi connectivity index (χ2n) is 12.7. The van der Waals surface area contributed by atoms with Crippen molar-refractivity contribution < 1.29 is 23.8 Å². The lowest BCUT2D eigenvalue weighted by atomic mass is 9.98. The molecule has 0 saturated carbocycles. The zero-order valence-corrected chi connectivity index (χ0v) is 30.0. The quantitative estimate of drug-likeness (QED) is 0.140. The molecule has 2 fully saturated rings. The Balaban J connectivity index is 1.29. The number of hydrogen-bond donors (Lipinski definition) is 1. The van der Waals surface area contributed by atoms with E-state index in [1.807, 2.05) is 66.7 Å². The highest BCUT2D eigenvalue weighted by atomic mass is 127. The number of halogens is 1. The molecule has 0 spiro atoms. The summed E-state index contributed by atoms with van der Waals surface area (Å²) in [5.41, 5.74) is 3.79. The van der Waals surface area contributed by atoms with Gasteiger partial charge in [-0.05, 0) is 88.9 Å². The van der Waals surface area contributed by atoms with Crippen LogP contribution in [0, 0.1) is 5.92 Å². The van der Waals surface area contributed by atoms with Crippen LogP contribution in [0.4, 0.5) is 10.5 Å². The number of carbonyl (C=O) groups is 2. The van der Waals surface area contributed by atoms with Crippen LogP contribution in [0.3, 0.4) is 0 Å². The SMILES string of the molecule is COc1ccc(N2CCN([C@@H]3CCN(C(=O)NC(CC(C)C)C(I)OC)C[C@H]3OC(=O)c3ccc(-c4ccccc4)cc3)CC2)cc1. The van der Waals surface area contributed by atoms with Gasteiger partial charge in [0, 0.05) is 45.5 Å². The Labute approximate surface area is 292 Å². The first kappa shape index (κ1) is 35.0. The first-order chi connectivity index (χ1) is 22.7. The number of methoxy groups -OCH3 is 2. The minimum absolute atomic E-state index is 0.00682. The van der Waals surface area contributed by atoms with Crippen LogP contribution in [0.5, 0.6) is 5.75 Å². The number of esters is 1. The Morgan fingerprint density at radius 1 is 0.872 bits per heavy atom. The third-order valence-electron chi connectivity index (χ3n) is 9.09. The Morgan fingerprint density at radius 2 is 1.53 bits per heavy atom. The largest absolute Gasteiger partial charge is 0.497 e. The number of ether oxygens (including phenoxy) is 3. The molecule has 2 aliphatic heterocycles. The lowest BCUT2D eigenvalue weighted by Gasteiger charge is -2.46. The van der Waals surface area contributed by atoms with Gasteiger partial charge in [0.1, 0.15) is 16.0 Å². The van der Waals surface area contributed by atoms with E-state index < -0.39 is 6.10 Å². The summed E-state index contributed by atoms with van der Waals surface area (Å²) in [4.78, 5) is 33.8. The summed E-state index contributed by atoms with van der Waals surface area (Å²) in [7, 11) is 3.34. The first-order valence-electron chi connectivity index (χ1n) is 16.5. The molecule has 0 aromatic heterocycles. The van der Waals surface area contributed by atoms with Crippen molar-refractivity contribution >= 4 is 40.3 Å². The van der Waals surface area contributed by atoms with Crippen molar-refractivity contribution in [1.82, 2.24) is 15.1 Å². The number of carbonyl (C=O) groups excluding carboxylic acids is 2. The van der Waals surface area contributed by atoms with Crippen molar-refractivity contribution in [3.05, 3.63) is 84.4 Å². The van der Waals surface area contributed by atoms with E-state index in [0.717, 1.165) is 49.5 Å². The first-order valence-corrected chi connectivity index (χ1v) is 17.7. The second-order valence-corrected chi connectivity index (χ2v) is 13.9. The minimum Gasteiger partial charge on any atom is -0.497 e. The van der Waals surface area contributed by atoms with Crippen LogP contribution in [-0.2, 0) is 9.47 Å². The summed E-state index contributed by atoms with van der Waals surface area (Å²) in [5, 5.41) is 3.21. The van der Waals surface area contributed by atoms with Crippen molar-refractivity contribution in [2.24, 2.45) is 5.92 Å². The van der Waals surface area contributed by atoms with Crippen molar-refractivity contribution in [1.29, 1.82) is 0 Å². The van der Waals surface area contributed by atoms with Crippen LogP contribution in [-0.4, -0.2) is 97.6 Å². The van der Waals surface area contributed by atoms with E-state index in [2.05, 4.69) is 63.7 Å². The topological polar surface area (TPSA) is 83.6 Å². The van der Waals surface area contributed by atoms with E-state index in [9.17, 15) is 9.59 Å². The maximum Gasteiger partial charge on any atom is 0.338 e. The molecule has 1 N–H and O–H groups in total. The van der Waals surface area contributed by atoms with Crippen LogP contribution < -0.4 is 15.0 Å². The number of nitrogens with zero attached hydrogens (tertiary/aromatic N) is 3. The van der Waals surface area contributed by atoms with Crippen LogP contribution >= 0.6 is 22.6 Å².